The molecule has 0 atom stereocenters. The Balaban J connectivity index is 0. The molecule has 0 rings (SSSR count). The van der Waals surface area contributed by atoms with Gasteiger partial charge in [-0.25, -0.2) is 0 Å². The third kappa shape index (κ3) is 39.6. The van der Waals surface area contributed by atoms with Crippen LogP contribution in [-0.2, 0) is 4.57 Å². The highest BCUT2D eigenvalue weighted by atomic mass is 31.1. The van der Waals surface area contributed by atoms with Crippen LogP contribution < -0.4 is 0 Å². The molecule has 0 spiro atoms. The average molecular weight is 186 g/mol. The van der Waals surface area contributed by atoms with Crippen molar-refractivity contribution in [3.05, 3.63) is 0 Å². The molecule has 0 aromatic heterocycles. The van der Waals surface area contributed by atoms with E-state index < -0.39 is 8.25 Å². The minimum Gasteiger partial charge on any atom is -0.391 e. The molecule has 0 aromatic rings. The molecule has 5 nitrogen and oxygen atoms in total. The second-order valence-corrected chi connectivity index (χ2v) is 3.59. The molecule has 0 amide bonds. The largest absolute Gasteiger partial charge is 0.391 e. The molecule has 6 heteroatoms. The van der Waals surface area contributed by atoms with E-state index >= 15 is 0 Å². The van der Waals surface area contributed by atoms with E-state index in [0.717, 1.165) is 11.0 Å². The average Bonchev–Trinajstić information content (AvgIpc) is 1.58. The van der Waals surface area contributed by atoms with Gasteiger partial charge < -0.3 is 19.4 Å². The van der Waals surface area contributed by atoms with E-state index in [1.165, 1.54) is 0 Å². The van der Waals surface area contributed by atoms with Gasteiger partial charge in [-0.2, -0.15) is 0 Å². The van der Waals surface area contributed by atoms with Crippen molar-refractivity contribution in [1.29, 1.82) is 0 Å². The summed E-state index contributed by atoms with van der Waals surface area (Å²) in [5.41, 5.74) is 0. The summed E-state index contributed by atoms with van der Waals surface area (Å²) in [6.45, 7) is 1.11. The second-order valence-electron chi connectivity index (χ2n) is 3.02. The van der Waals surface area contributed by atoms with Crippen LogP contribution >= 0.6 is 8.25 Å². The van der Waals surface area contributed by atoms with E-state index in [4.69, 9.17) is 19.5 Å². The van der Waals surface area contributed by atoms with Crippen LogP contribution in [0.4, 0.5) is 0 Å². The lowest BCUT2D eigenvalue weighted by Crippen LogP contribution is -2.36. The predicted molar refractivity (Wildman–Crippen MR) is 43.4 cm³/mol. The summed E-state index contributed by atoms with van der Waals surface area (Å²) in [4.78, 5) is 14.3. The van der Waals surface area contributed by atoms with Gasteiger partial charge in [0.25, 0.3) is 0 Å². The first-order valence-corrected chi connectivity index (χ1v) is 4.43. The van der Waals surface area contributed by atoms with Gasteiger partial charge in [0.1, 0.15) is 6.54 Å². The number of hydrogen-bond acceptors (Lipinski definition) is 2. The van der Waals surface area contributed by atoms with Crippen LogP contribution in [0.5, 0.6) is 0 Å². The van der Waals surface area contributed by atoms with Crippen LogP contribution in [-0.4, -0.2) is 53.7 Å². The third-order valence-electron chi connectivity index (χ3n) is 0.771. The Kier molecular flexibility index (Phi) is 8.39. The number of quaternary nitrogens is 1. The minimum absolute atomic E-state index is 0.281. The Morgan fingerprint density at radius 2 is 1.55 bits per heavy atom. The van der Waals surface area contributed by atoms with Crippen LogP contribution in [0.2, 0.25) is 0 Å². The van der Waals surface area contributed by atoms with Gasteiger partial charge in [0.15, 0.2) is 0 Å². The zero-order valence-corrected chi connectivity index (χ0v) is 8.11. The van der Waals surface area contributed by atoms with Gasteiger partial charge in [-0.15, -0.1) is 0 Å². The quantitative estimate of drug-likeness (QED) is 0.383. The van der Waals surface area contributed by atoms with Crippen molar-refractivity contribution < 1.29 is 23.9 Å². The van der Waals surface area contributed by atoms with Crippen molar-refractivity contribution >= 4 is 8.25 Å². The SMILES string of the molecule is C[N+](C)(C)CCO.O=[PH](O)O. The van der Waals surface area contributed by atoms with Crippen molar-refractivity contribution in [3.8, 4) is 0 Å². The maximum absolute atomic E-state index is 8.74. The molecule has 0 fully saturated rings. The smallest absolute Gasteiger partial charge is 0.314 e. The molecule has 0 aliphatic carbocycles. The zero-order chi connectivity index (χ0) is 9.49. The van der Waals surface area contributed by atoms with Gasteiger partial charge >= 0.3 is 8.25 Å². The van der Waals surface area contributed by atoms with Gasteiger partial charge in [-0.1, -0.05) is 0 Å². The van der Waals surface area contributed by atoms with Crippen LogP contribution in [0.25, 0.3) is 0 Å². The summed E-state index contributed by atoms with van der Waals surface area (Å²) in [6, 6.07) is 0. The van der Waals surface area contributed by atoms with Crippen LogP contribution in [0.3, 0.4) is 0 Å². The molecule has 0 aromatic carbocycles. The number of nitrogens with zero attached hydrogens (tertiary/aromatic N) is 1. The van der Waals surface area contributed by atoms with E-state index in [-0.39, 0.29) is 6.61 Å². The number of likely N-dealkylation sites (N-methyl/N-ethyl adjacent to an activating group) is 1. The number of aliphatic hydroxyl groups excluding tert-OH is 1. The number of aliphatic hydroxyl groups is 1. The topological polar surface area (TPSA) is 77.8 Å². The van der Waals surface area contributed by atoms with Crippen molar-refractivity contribution in [2.24, 2.45) is 0 Å². The van der Waals surface area contributed by atoms with Crippen molar-refractivity contribution in [2.75, 3.05) is 34.3 Å². The molecule has 0 aliphatic rings. The van der Waals surface area contributed by atoms with E-state index in [1.54, 1.807) is 0 Å². The second kappa shape index (κ2) is 6.76. The van der Waals surface area contributed by atoms with Crippen LogP contribution in [0, 0.1) is 0 Å². The minimum atomic E-state index is -3.13. The summed E-state index contributed by atoms with van der Waals surface area (Å²) in [7, 11) is 3.03. The maximum atomic E-state index is 8.74. The van der Waals surface area contributed by atoms with E-state index in [1.807, 2.05) is 0 Å². The first kappa shape index (κ1) is 13.6. The fourth-order valence-corrected chi connectivity index (χ4v) is 0.300. The monoisotopic (exact) mass is 186 g/mol. The zero-order valence-electron chi connectivity index (χ0n) is 7.11. The normalized spacial score (nSPS) is 10.8. The standard InChI is InChI=1S/C5H14NO.H3O3P/c1-6(2,3)4-5-7;1-4(2)3/h7H,4-5H2,1-3H3;4H,(H2,1,2,3)/q+1;. The lowest BCUT2D eigenvalue weighted by Gasteiger charge is -2.21. The summed E-state index contributed by atoms with van der Waals surface area (Å²) < 4.78 is 9.58. The first-order valence-electron chi connectivity index (χ1n) is 3.13. The van der Waals surface area contributed by atoms with Gasteiger partial charge in [0.2, 0.25) is 0 Å². The Morgan fingerprint density at radius 1 is 1.27 bits per heavy atom. The van der Waals surface area contributed by atoms with Gasteiger partial charge in [0.05, 0.1) is 27.7 Å². The van der Waals surface area contributed by atoms with Gasteiger partial charge in [0, 0.05) is 0 Å². The molecule has 0 unspecified atom stereocenters. The molecule has 0 aliphatic heterocycles. The molecule has 0 saturated carbocycles. The highest BCUT2D eigenvalue weighted by Gasteiger charge is 2.02. The van der Waals surface area contributed by atoms with Gasteiger partial charge in [-0.05, 0) is 0 Å². The fraction of sp³-hybridized carbons (Fsp3) is 1.00. The van der Waals surface area contributed by atoms with E-state index in [2.05, 4.69) is 21.1 Å². The summed E-state index contributed by atoms with van der Waals surface area (Å²) >= 11 is 0. The fourth-order valence-electron chi connectivity index (χ4n) is 0.300. The molecule has 3 N–H and O–H groups in total. The Bertz CT molecular complexity index is 108. The molecule has 70 valence electrons. The first-order chi connectivity index (χ1) is 4.79. The summed E-state index contributed by atoms with van der Waals surface area (Å²) in [5.74, 6) is 0. The van der Waals surface area contributed by atoms with Crippen molar-refractivity contribution in [2.45, 2.75) is 0 Å². The number of hydrogen-bond donors (Lipinski definition) is 3. The molecular weight excluding hydrogens is 169 g/mol. The molecule has 0 heterocycles. The Labute approximate surface area is 67.4 Å². The van der Waals surface area contributed by atoms with Crippen LogP contribution in [0.1, 0.15) is 0 Å². The Hall–Kier alpha value is 0.0700. The third-order valence-corrected chi connectivity index (χ3v) is 0.771. The number of rotatable bonds is 2. The lowest BCUT2D eigenvalue weighted by atomic mass is 10.5. The molecule has 11 heavy (non-hydrogen) atoms. The maximum Gasteiger partial charge on any atom is 0.314 e. The molecule has 0 radical (unpaired) electrons. The molecular formula is C5H17NO4P+. The van der Waals surface area contributed by atoms with Gasteiger partial charge in [-0.3, -0.25) is 4.57 Å². The Morgan fingerprint density at radius 3 is 1.55 bits per heavy atom. The summed E-state index contributed by atoms with van der Waals surface area (Å²) in [5, 5.41) is 8.39. The van der Waals surface area contributed by atoms with Crippen LogP contribution in [0.15, 0.2) is 0 Å². The van der Waals surface area contributed by atoms with Crippen molar-refractivity contribution in [3.63, 3.8) is 0 Å². The van der Waals surface area contributed by atoms with E-state index in [9.17, 15) is 0 Å². The van der Waals surface area contributed by atoms with E-state index in [0.29, 0.717) is 0 Å². The highest BCUT2D eigenvalue weighted by molar-refractivity contribution is 7.30. The van der Waals surface area contributed by atoms with Crippen molar-refractivity contribution in [1.82, 2.24) is 0 Å². The predicted octanol–water partition coefficient (Wildman–Crippen LogP) is -0.954. The lowest BCUT2D eigenvalue weighted by molar-refractivity contribution is -0.870. The molecule has 0 saturated heterocycles. The molecule has 0 bridgehead atoms. The highest BCUT2D eigenvalue weighted by Crippen LogP contribution is 1.98. The summed E-state index contributed by atoms with van der Waals surface area (Å²) in [6.07, 6.45) is 0.